The van der Waals surface area contributed by atoms with Crippen molar-refractivity contribution in [1.82, 2.24) is 10.6 Å². The van der Waals surface area contributed by atoms with E-state index in [1.807, 2.05) is 19.1 Å². The predicted molar refractivity (Wildman–Crippen MR) is 73.3 cm³/mol. The molecule has 0 spiro atoms. The molecule has 1 saturated carbocycles. The van der Waals surface area contributed by atoms with Gasteiger partial charge in [-0.3, -0.25) is 4.79 Å². The number of hydrogen-bond acceptors (Lipinski definition) is 2. The molecule has 0 aliphatic heterocycles. The first-order valence-corrected chi connectivity index (χ1v) is 6.72. The monoisotopic (exact) mass is 246 g/mol. The van der Waals surface area contributed by atoms with Crippen molar-refractivity contribution < 1.29 is 4.79 Å². The largest absolute Gasteiger partial charge is 0.348 e. The first-order chi connectivity index (χ1) is 8.66. The molecule has 3 nitrogen and oxygen atoms in total. The Labute approximate surface area is 109 Å². The molecule has 1 atom stereocenters. The van der Waals surface area contributed by atoms with Crippen molar-refractivity contribution in [3.63, 3.8) is 0 Å². The Balaban J connectivity index is 1.77. The predicted octanol–water partition coefficient (Wildman–Crippen LogP) is 2.17. The molecule has 2 N–H and O–H groups in total. The van der Waals surface area contributed by atoms with Gasteiger partial charge in [-0.15, -0.1) is 0 Å². The average molecular weight is 246 g/mol. The van der Waals surface area contributed by atoms with Crippen LogP contribution in [0.4, 0.5) is 0 Å². The van der Waals surface area contributed by atoms with Crippen LogP contribution in [0.15, 0.2) is 24.3 Å². The van der Waals surface area contributed by atoms with E-state index in [1.54, 1.807) is 0 Å². The summed E-state index contributed by atoms with van der Waals surface area (Å²) in [5.74, 6) is 0.887. The summed E-state index contributed by atoms with van der Waals surface area (Å²) in [7, 11) is 0. The lowest BCUT2D eigenvalue weighted by molar-refractivity contribution is -0.120. The van der Waals surface area contributed by atoms with Gasteiger partial charge in [-0.1, -0.05) is 24.3 Å². The molecular formula is C15H22N2O. The fraction of sp³-hybridized carbons (Fsp3) is 0.533. The number of amides is 1. The van der Waals surface area contributed by atoms with Crippen LogP contribution < -0.4 is 10.6 Å². The molecule has 1 aliphatic rings. The number of carbonyl (C=O) groups is 1. The van der Waals surface area contributed by atoms with Crippen LogP contribution in [-0.4, -0.2) is 19.0 Å². The minimum absolute atomic E-state index is 0.0708. The topological polar surface area (TPSA) is 41.1 Å². The van der Waals surface area contributed by atoms with Gasteiger partial charge in [0.05, 0.1) is 12.6 Å². The Kier molecular flexibility index (Phi) is 4.37. The second-order valence-corrected chi connectivity index (χ2v) is 5.22. The molecule has 0 saturated heterocycles. The summed E-state index contributed by atoms with van der Waals surface area (Å²) in [6.07, 6.45) is 2.63. The van der Waals surface area contributed by atoms with Crippen molar-refractivity contribution in [3.05, 3.63) is 35.4 Å². The van der Waals surface area contributed by atoms with Gasteiger partial charge < -0.3 is 10.6 Å². The molecular weight excluding hydrogens is 224 g/mol. The van der Waals surface area contributed by atoms with Crippen molar-refractivity contribution >= 4 is 5.91 Å². The molecule has 0 radical (unpaired) electrons. The number of nitrogens with one attached hydrogen (secondary N) is 2. The van der Waals surface area contributed by atoms with E-state index in [2.05, 4.69) is 29.7 Å². The summed E-state index contributed by atoms with van der Waals surface area (Å²) in [5.41, 5.74) is 2.41. The SMILES string of the molecule is Cc1ccccc1C(C)NC(=O)CNCC1CC1. The third-order valence-corrected chi connectivity index (χ3v) is 3.45. The summed E-state index contributed by atoms with van der Waals surface area (Å²) >= 11 is 0. The quantitative estimate of drug-likeness (QED) is 0.807. The van der Waals surface area contributed by atoms with Crippen LogP contribution in [0.1, 0.15) is 36.9 Å². The molecule has 98 valence electrons. The maximum Gasteiger partial charge on any atom is 0.234 e. The Bertz CT molecular complexity index is 413. The average Bonchev–Trinajstić information content (AvgIpc) is 3.13. The molecule has 1 fully saturated rings. The third kappa shape index (κ3) is 3.84. The Morgan fingerprint density at radius 1 is 1.39 bits per heavy atom. The first-order valence-electron chi connectivity index (χ1n) is 6.72. The van der Waals surface area contributed by atoms with Gasteiger partial charge in [0.25, 0.3) is 0 Å². The molecule has 1 aliphatic carbocycles. The van der Waals surface area contributed by atoms with Gasteiger partial charge in [-0.25, -0.2) is 0 Å². The van der Waals surface area contributed by atoms with Crippen molar-refractivity contribution in [2.24, 2.45) is 5.92 Å². The molecule has 0 aromatic heterocycles. The van der Waals surface area contributed by atoms with Crippen molar-refractivity contribution in [3.8, 4) is 0 Å². The van der Waals surface area contributed by atoms with E-state index < -0.39 is 0 Å². The highest BCUT2D eigenvalue weighted by Crippen LogP contribution is 2.27. The smallest absolute Gasteiger partial charge is 0.234 e. The van der Waals surface area contributed by atoms with Gasteiger partial charge in [0.1, 0.15) is 0 Å². The van der Waals surface area contributed by atoms with Gasteiger partial charge >= 0.3 is 0 Å². The molecule has 0 heterocycles. The summed E-state index contributed by atoms with van der Waals surface area (Å²) < 4.78 is 0. The standard InChI is InChI=1S/C15H22N2O/c1-11-5-3-4-6-14(11)12(2)17-15(18)10-16-9-13-7-8-13/h3-6,12-13,16H,7-10H2,1-2H3,(H,17,18). The lowest BCUT2D eigenvalue weighted by Gasteiger charge is -2.16. The van der Waals surface area contributed by atoms with Crippen LogP contribution in [0.3, 0.4) is 0 Å². The van der Waals surface area contributed by atoms with E-state index >= 15 is 0 Å². The lowest BCUT2D eigenvalue weighted by atomic mass is 10.0. The van der Waals surface area contributed by atoms with Crippen LogP contribution in [0, 0.1) is 12.8 Å². The highest BCUT2D eigenvalue weighted by Gasteiger charge is 2.20. The van der Waals surface area contributed by atoms with Gasteiger partial charge in [0.15, 0.2) is 0 Å². The van der Waals surface area contributed by atoms with Crippen LogP contribution in [0.2, 0.25) is 0 Å². The second kappa shape index (κ2) is 6.01. The highest BCUT2D eigenvalue weighted by molar-refractivity contribution is 5.78. The normalized spacial score (nSPS) is 16.3. The number of aryl methyl sites for hydroxylation is 1. The van der Waals surface area contributed by atoms with E-state index in [0.717, 1.165) is 12.5 Å². The Morgan fingerprint density at radius 3 is 2.78 bits per heavy atom. The van der Waals surface area contributed by atoms with Crippen LogP contribution in [-0.2, 0) is 4.79 Å². The Hall–Kier alpha value is -1.35. The molecule has 1 aromatic carbocycles. The highest BCUT2D eigenvalue weighted by atomic mass is 16.1. The van der Waals surface area contributed by atoms with Gasteiger partial charge in [0, 0.05) is 0 Å². The lowest BCUT2D eigenvalue weighted by Crippen LogP contribution is -2.36. The van der Waals surface area contributed by atoms with Crippen molar-refractivity contribution in [2.45, 2.75) is 32.7 Å². The first kappa shape index (κ1) is 13.1. The molecule has 3 heteroatoms. The van der Waals surface area contributed by atoms with Crippen LogP contribution in [0.25, 0.3) is 0 Å². The Morgan fingerprint density at radius 2 is 2.11 bits per heavy atom. The van der Waals surface area contributed by atoms with Crippen molar-refractivity contribution in [1.29, 1.82) is 0 Å². The van der Waals surface area contributed by atoms with Gasteiger partial charge in [-0.05, 0) is 50.3 Å². The number of hydrogen-bond donors (Lipinski definition) is 2. The molecule has 0 bridgehead atoms. The van der Waals surface area contributed by atoms with E-state index in [0.29, 0.717) is 6.54 Å². The zero-order valence-corrected chi connectivity index (χ0v) is 11.2. The molecule has 2 rings (SSSR count). The second-order valence-electron chi connectivity index (χ2n) is 5.22. The minimum Gasteiger partial charge on any atom is -0.348 e. The summed E-state index contributed by atoms with van der Waals surface area (Å²) in [6.45, 7) is 5.50. The van der Waals surface area contributed by atoms with Gasteiger partial charge in [-0.2, -0.15) is 0 Å². The fourth-order valence-electron chi connectivity index (χ4n) is 2.15. The zero-order chi connectivity index (χ0) is 13.0. The van der Waals surface area contributed by atoms with E-state index in [-0.39, 0.29) is 11.9 Å². The minimum atomic E-state index is 0.0708. The maximum atomic E-state index is 11.8. The summed E-state index contributed by atoms with van der Waals surface area (Å²) in [6, 6.07) is 8.24. The third-order valence-electron chi connectivity index (χ3n) is 3.45. The van der Waals surface area contributed by atoms with E-state index in [9.17, 15) is 4.79 Å². The zero-order valence-electron chi connectivity index (χ0n) is 11.2. The van der Waals surface area contributed by atoms with Crippen LogP contribution in [0.5, 0.6) is 0 Å². The maximum absolute atomic E-state index is 11.8. The molecule has 1 amide bonds. The number of rotatable bonds is 6. The van der Waals surface area contributed by atoms with Crippen molar-refractivity contribution in [2.75, 3.05) is 13.1 Å². The van der Waals surface area contributed by atoms with E-state index in [1.165, 1.54) is 24.0 Å². The summed E-state index contributed by atoms with van der Waals surface area (Å²) in [4.78, 5) is 11.8. The number of benzene rings is 1. The van der Waals surface area contributed by atoms with E-state index in [4.69, 9.17) is 0 Å². The number of carbonyl (C=O) groups excluding carboxylic acids is 1. The fourth-order valence-corrected chi connectivity index (χ4v) is 2.15. The molecule has 1 aromatic rings. The molecule has 1 unspecified atom stereocenters. The summed E-state index contributed by atoms with van der Waals surface area (Å²) in [5, 5.41) is 6.24. The van der Waals surface area contributed by atoms with Gasteiger partial charge in [0.2, 0.25) is 5.91 Å². The molecule has 18 heavy (non-hydrogen) atoms. The van der Waals surface area contributed by atoms with Crippen LogP contribution >= 0.6 is 0 Å².